The highest BCUT2D eigenvalue weighted by Gasteiger charge is 2.15. The monoisotopic (exact) mass is 323 g/mol. The Kier molecular flexibility index (Phi) is 4.15. The highest BCUT2D eigenvalue weighted by molar-refractivity contribution is 5.96. The van der Waals surface area contributed by atoms with Crippen molar-refractivity contribution < 1.29 is 9.53 Å². The molecule has 3 N–H and O–H groups in total. The van der Waals surface area contributed by atoms with Crippen LogP contribution in [0.5, 0.6) is 5.75 Å². The van der Waals surface area contributed by atoms with Gasteiger partial charge in [-0.1, -0.05) is 12.1 Å². The van der Waals surface area contributed by atoms with Crippen molar-refractivity contribution in [2.45, 2.75) is 0 Å². The molecular weight excluding hydrogens is 306 g/mol. The second kappa shape index (κ2) is 6.41. The molecule has 0 unspecified atom stereocenters. The number of carbonyl (C=O) groups is 1. The van der Waals surface area contributed by atoms with Crippen LogP contribution in [0, 0.1) is 0 Å². The van der Waals surface area contributed by atoms with E-state index in [1.165, 1.54) is 0 Å². The molecule has 3 rings (SSSR count). The van der Waals surface area contributed by atoms with Gasteiger partial charge in [0, 0.05) is 24.0 Å². The van der Waals surface area contributed by atoms with E-state index in [-0.39, 0.29) is 5.69 Å². The van der Waals surface area contributed by atoms with E-state index in [9.17, 15) is 4.79 Å². The molecule has 0 fully saturated rings. The number of anilines is 2. The smallest absolute Gasteiger partial charge is 0.271 e. The maximum Gasteiger partial charge on any atom is 0.271 e. The van der Waals surface area contributed by atoms with Crippen LogP contribution in [-0.2, 0) is 0 Å². The van der Waals surface area contributed by atoms with E-state index in [1.54, 1.807) is 7.11 Å². The van der Waals surface area contributed by atoms with Gasteiger partial charge >= 0.3 is 0 Å². The lowest BCUT2D eigenvalue weighted by molar-refractivity contribution is 0.0996. The zero-order valence-electron chi connectivity index (χ0n) is 13.4. The molecule has 7 nitrogen and oxygen atoms in total. The molecule has 1 amide bonds. The number of aromatic amines is 1. The molecule has 24 heavy (non-hydrogen) atoms. The Morgan fingerprint density at radius 3 is 2.17 bits per heavy atom. The zero-order valence-corrected chi connectivity index (χ0v) is 13.4. The Morgan fingerprint density at radius 2 is 1.62 bits per heavy atom. The Hall–Kier alpha value is -3.35. The summed E-state index contributed by atoms with van der Waals surface area (Å²) in [4.78, 5) is 13.4. The fourth-order valence-corrected chi connectivity index (χ4v) is 2.40. The quantitative estimate of drug-likeness (QED) is 0.751. The number of methoxy groups -OCH3 is 1. The van der Waals surface area contributed by atoms with Crippen molar-refractivity contribution in [1.82, 2.24) is 15.4 Å². The number of rotatable bonds is 5. The van der Waals surface area contributed by atoms with Gasteiger partial charge in [-0.25, -0.2) is 0 Å². The standard InChI is InChI=1S/C17H17N5O2/c1-22(13-7-9-14(24-2)10-8-13)12-5-3-11(4-6-12)15-16(17(18)23)20-21-19-15/h3-10H,1-2H3,(H2,18,23)(H,19,20,21). The van der Waals surface area contributed by atoms with E-state index in [0.717, 1.165) is 22.7 Å². The normalized spacial score (nSPS) is 10.4. The summed E-state index contributed by atoms with van der Waals surface area (Å²) in [5.74, 6) is 0.200. The van der Waals surface area contributed by atoms with Crippen molar-refractivity contribution in [2.75, 3.05) is 19.1 Å². The molecule has 0 saturated carbocycles. The molecule has 1 heterocycles. The Labute approximate surface area is 139 Å². The third-order valence-electron chi connectivity index (χ3n) is 3.77. The number of hydrogen-bond donors (Lipinski definition) is 2. The van der Waals surface area contributed by atoms with Gasteiger partial charge in [0.15, 0.2) is 5.69 Å². The number of hydrogen-bond acceptors (Lipinski definition) is 5. The van der Waals surface area contributed by atoms with Gasteiger partial charge in [-0.3, -0.25) is 4.79 Å². The van der Waals surface area contributed by atoms with E-state index in [2.05, 4.69) is 15.4 Å². The van der Waals surface area contributed by atoms with Crippen LogP contribution in [0.3, 0.4) is 0 Å². The van der Waals surface area contributed by atoms with Crippen molar-refractivity contribution in [3.63, 3.8) is 0 Å². The van der Waals surface area contributed by atoms with Gasteiger partial charge in [0.05, 0.1) is 7.11 Å². The molecule has 0 bridgehead atoms. The topological polar surface area (TPSA) is 97.1 Å². The number of benzene rings is 2. The summed E-state index contributed by atoms with van der Waals surface area (Å²) in [7, 11) is 3.61. The van der Waals surface area contributed by atoms with E-state index >= 15 is 0 Å². The molecule has 0 saturated heterocycles. The summed E-state index contributed by atoms with van der Waals surface area (Å²) in [5.41, 5.74) is 8.66. The molecule has 0 spiro atoms. The van der Waals surface area contributed by atoms with E-state index in [1.807, 2.05) is 60.5 Å². The van der Waals surface area contributed by atoms with Crippen molar-refractivity contribution in [2.24, 2.45) is 5.73 Å². The highest BCUT2D eigenvalue weighted by Crippen LogP contribution is 2.28. The number of primary amides is 1. The van der Waals surface area contributed by atoms with Crippen LogP contribution in [0.15, 0.2) is 48.5 Å². The zero-order chi connectivity index (χ0) is 17.1. The van der Waals surface area contributed by atoms with Crippen LogP contribution in [0.4, 0.5) is 11.4 Å². The van der Waals surface area contributed by atoms with Crippen molar-refractivity contribution in [3.8, 4) is 17.0 Å². The third kappa shape index (κ3) is 2.91. The van der Waals surface area contributed by atoms with E-state index in [4.69, 9.17) is 10.5 Å². The SMILES string of the molecule is COc1ccc(N(C)c2ccc(-c3n[nH]nc3C(N)=O)cc2)cc1. The van der Waals surface area contributed by atoms with E-state index < -0.39 is 5.91 Å². The van der Waals surface area contributed by atoms with Crippen LogP contribution in [-0.4, -0.2) is 35.5 Å². The van der Waals surface area contributed by atoms with Crippen molar-refractivity contribution in [3.05, 3.63) is 54.2 Å². The van der Waals surface area contributed by atoms with Gasteiger partial charge in [0.25, 0.3) is 5.91 Å². The fourth-order valence-electron chi connectivity index (χ4n) is 2.40. The summed E-state index contributed by atoms with van der Waals surface area (Å²) in [5, 5.41) is 10.2. The van der Waals surface area contributed by atoms with Crippen LogP contribution in [0.1, 0.15) is 10.5 Å². The van der Waals surface area contributed by atoms with Crippen LogP contribution >= 0.6 is 0 Å². The molecule has 0 aliphatic carbocycles. The predicted molar refractivity (Wildman–Crippen MR) is 91.4 cm³/mol. The maximum atomic E-state index is 11.3. The average molecular weight is 323 g/mol. The number of nitrogens with two attached hydrogens (primary N) is 1. The van der Waals surface area contributed by atoms with Crippen molar-refractivity contribution >= 4 is 17.3 Å². The minimum Gasteiger partial charge on any atom is -0.497 e. The summed E-state index contributed by atoms with van der Waals surface area (Å²) >= 11 is 0. The second-order valence-corrected chi connectivity index (χ2v) is 5.19. The molecule has 0 aliphatic heterocycles. The van der Waals surface area contributed by atoms with Crippen LogP contribution in [0.25, 0.3) is 11.3 Å². The van der Waals surface area contributed by atoms with Gasteiger partial charge in [-0.15, -0.1) is 0 Å². The van der Waals surface area contributed by atoms with Gasteiger partial charge < -0.3 is 15.4 Å². The molecule has 3 aromatic rings. The largest absolute Gasteiger partial charge is 0.497 e. The Morgan fingerprint density at radius 1 is 1.04 bits per heavy atom. The Balaban J connectivity index is 1.85. The third-order valence-corrected chi connectivity index (χ3v) is 3.77. The van der Waals surface area contributed by atoms with Crippen molar-refractivity contribution in [1.29, 1.82) is 0 Å². The number of amides is 1. The van der Waals surface area contributed by atoms with Gasteiger partial charge in [0.2, 0.25) is 0 Å². The predicted octanol–water partition coefficient (Wildman–Crippen LogP) is 2.35. The first-order chi connectivity index (χ1) is 11.6. The molecule has 0 radical (unpaired) electrons. The summed E-state index contributed by atoms with van der Waals surface area (Å²) in [6, 6.07) is 15.4. The van der Waals surface area contributed by atoms with Gasteiger partial charge in [0.1, 0.15) is 11.4 Å². The molecular formula is C17H17N5O2. The van der Waals surface area contributed by atoms with E-state index in [0.29, 0.717) is 5.69 Å². The minimum atomic E-state index is -0.613. The lowest BCUT2D eigenvalue weighted by atomic mass is 10.1. The molecule has 0 atom stereocenters. The van der Waals surface area contributed by atoms with Crippen LogP contribution < -0.4 is 15.4 Å². The maximum absolute atomic E-state index is 11.3. The molecule has 2 aromatic carbocycles. The number of carbonyl (C=O) groups excluding carboxylic acids is 1. The van der Waals surface area contributed by atoms with Gasteiger partial charge in [-0.2, -0.15) is 15.4 Å². The number of nitrogens with one attached hydrogen (secondary N) is 1. The first kappa shape index (κ1) is 15.5. The Bertz CT molecular complexity index is 840. The number of nitrogens with zero attached hydrogens (tertiary/aromatic N) is 3. The number of ether oxygens (including phenoxy) is 1. The molecule has 0 aliphatic rings. The molecule has 122 valence electrons. The number of H-pyrrole nitrogens is 1. The highest BCUT2D eigenvalue weighted by atomic mass is 16.5. The minimum absolute atomic E-state index is 0.131. The molecule has 7 heteroatoms. The summed E-state index contributed by atoms with van der Waals surface area (Å²) < 4.78 is 5.17. The first-order valence-electron chi connectivity index (χ1n) is 7.29. The average Bonchev–Trinajstić information content (AvgIpc) is 3.11. The number of aromatic nitrogens is 3. The summed E-state index contributed by atoms with van der Waals surface area (Å²) in [6.07, 6.45) is 0. The molecule has 1 aromatic heterocycles. The summed E-state index contributed by atoms with van der Waals surface area (Å²) in [6.45, 7) is 0. The second-order valence-electron chi connectivity index (χ2n) is 5.19. The van der Waals surface area contributed by atoms with Gasteiger partial charge in [-0.05, 0) is 36.4 Å². The lowest BCUT2D eigenvalue weighted by Gasteiger charge is -2.20. The van der Waals surface area contributed by atoms with Crippen LogP contribution in [0.2, 0.25) is 0 Å². The first-order valence-corrected chi connectivity index (χ1v) is 7.29. The lowest BCUT2D eigenvalue weighted by Crippen LogP contribution is -2.13. The fraction of sp³-hybridized carbons (Fsp3) is 0.118.